The molecule has 1 saturated heterocycles. The second-order valence-corrected chi connectivity index (χ2v) is 9.50. The van der Waals surface area contributed by atoms with E-state index in [9.17, 15) is 19.2 Å². The maximum Gasteiger partial charge on any atom is 0.266 e. The summed E-state index contributed by atoms with van der Waals surface area (Å²) in [7, 11) is 0. The van der Waals surface area contributed by atoms with Gasteiger partial charge in [-0.3, -0.25) is 19.2 Å². The van der Waals surface area contributed by atoms with E-state index in [1.54, 1.807) is 53.4 Å². The number of imide groups is 1. The summed E-state index contributed by atoms with van der Waals surface area (Å²) in [5.41, 5.74) is 4.33. The van der Waals surface area contributed by atoms with Crippen LogP contribution in [0.4, 0.5) is 11.4 Å². The lowest BCUT2D eigenvalue weighted by molar-refractivity contribution is -0.121. The third-order valence-electron chi connectivity index (χ3n) is 6.71. The van der Waals surface area contributed by atoms with Gasteiger partial charge in [0.2, 0.25) is 5.91 Å². The van der Waals surface area contributed by atoms with Crippen molar-refractivity contribution in [3.05, 3.63) is 94.5 Å². The van der Waals surface area contributed by atoms with Crippen LogP contribution >= 0.6 is 0 Å². The Hall–Kier alpha value is -4.26. The van der Waals surface area contributed by atoms with Crippen molar-refractivity contribution in [3.63, 3.8) is 0 Å². The second kappa shape index (κ2) is 9.41. The fourth-order valence-corrected chi connectivity index (χ4v) is 5.05. The summed E-state index contributed by atoms with van der Waals surface area (Å²) in [5.74, 6) is -1.37. The third-order valence-corrected chi connectivity index (χ3v) is 6.71. The van der Waals surface area contributed by atoms with Crippen LogP contribution in [-0.4, -0.2) is 41.6 Å². The van der Waals surface area contributed by atoms with Gasteiger partial charge in [-0.25, -0.2) is 4.90 Å². The number of likely N-dealkylation sites (tertiary alicyclic amines) is 1. The van der Waals surface area contributed by atoms with E-state index in [-0.39, 0.29) is 29.5 Å². The number of carbonyl (C=O) groups excluding carboxylic acids is 4. The van der Waals surface area contributed by atoms with Gasteiger partial charge in [-0.15, -0.1) is 0 Å². The Balaban J connectivity index is 1.29. The van der Waals surface area contributed by atoms with Gasteiger partial charge in [-0.05, 0) is 69.2 Å². The fourth-order valence-electron chi connectivity index (χ4n) is 5.05. The van der Waals surface area contributed by atoms with Gasteiger partial charge in [0.05, 0.1) is 22.7 Å². The summed E-state index contributed by atoms with van der Waals surface area (Å²) in [5, 5.41) is 2.92. The molecular weight excluding hydrogens is 454 g/mol. The lowest BCUT2D eigenvalue weighted by Crippen LogP contribution is -2.43. The normalized spacial score (nSPS) is 17.2. The first-order valence-corrected chi connectivity index (χ1v) is 12.1. The minimum absolute atomic E-state index is 0.0630. The average molecular weight is 482 g/mol. The summed E-state index contributed by atoms with van der Waals surface area (Å²) in [6, 6.07) is 19.2. The number of fused-ring (bicyclic) bond motifs is 1. The van der Waals surface area contributed by atoms with Crippen molar-refractivity contribution in [2.45, 2.75) is 26.7 Å². The Labute approximate surface area is 209 Å². The molecule has 36 heavy (non-hydrogen) atoms. The molecule has 0 spiro atoms. The number of benzene rings is 3. The highest BCUT2D eigenvalue weighted by atomic mass is 16.2. The molecule has 1 N–H and O–H groups in total. The second-order valence-electron chi connectivity index (χ2n) is 9.50. The Kier molecular flexibility index (Phi) is 6.14. The van der Waals surface area contributed by atoms with Crippen molar-refractivity contribution in [1.82, 2.24) is 4.90 Å². The van der Waals surface area contributed by atoms with Crippen molar-refractivity contribution in [1.29, 1.82) is 0 Å². The van der Waals surface area contributed by atoms with Crippen molar-refractivity contribution < 1.29 is 19.2 Å². The number of hydrogen-bond donors (Lipinski definition) is 1. The third kappa shape index (κ3) is 4.40. The van der Waals surface area contributed by atoms with Crippen LogP contribution in [0.2, 0.25) is 0 Å². The number of nitrogens with zero attached hydrogens (tertiary/aromatic N) is 2. The number of aryl methyl sites for hydroxylation is 2. The molecule has 4 amide bonds. The minimum atomic E-state index is -0.383. The fraction of sp³-hybridized carbons (Fsp3) is 0.241. The van der Waals surface area contributed by atoms with Crippen LogP contribution in [0.3, 0.4) is 0 Å². The van der Waals surface area contributed by atoms with Crippen LogP contribution < -0.4 is 10.2 Å². The topological polar surface area (TPSA) is 86.8 Å². The molecule has 7 heteroatoms. The Morgan fingerprint density at radius 3 is 2.19 bits per heavy atom. The first kappa shape index (κ1) is 23.5. The van der Waals surface area contributed by atoms with Gasteiger partial charge in [0.25, 0.3) is 17.7 Å². The highest BCUT2D eigenvalue weighted by molar-refractivity contribution is 6.34. The van der Waals surface area contributed by atoms with Crippen molar-refractivity contribution >= 4 is 35.0 Å². The maximum atomic E-state index is 13.1. The van der Waals surface area contributed by atoms with Crippen LogP contribution in [0.15, 0.2) is 66.7 Å². The number of piperidine rings is 1. The monoisotopic (exact) mass is 481 g/mol. The molecule has 1 fully saturated rings. The van der Waals surface area contributed by atoms with E-state index >= 15 is 0 Å². The van der Waals surface area contributed by atoms with Gasteiger partial charge in [0, 0.05) is 24.3 Å². The Bertz CT molecular complexity index is 1340. The van der Waals surface area contributed by atoms with Crippen LogP contribution in [0, 0.1) is 19.8 Å². The smallest absolute Gasteiger partial charge is 0.266 e. The zero-order chi connectivity index (χ0) is 25.4. The molecule has 182 valence electrons. The molecule has 3 aromatic carbocycles. The first-order valence-electron chi connectivity index (χ1n) is 12.1. The van der Waals surface area contributed by atoms with E-state index in [0.29, 0.717) is 47.6 Å². The molecule has 2 aliphatic heterocycles. The summed E-state index contributed by atoms with van der Waals surface area (Å²) >= 11 is 0. The van der Waals surface area contributed by atoms with Gasteiger partial charge < -0.3 is 10.2 Å². The molecule has 5 rings (SSSR count). The molecule has 0 bridgehead atoms. The number of nitrogens with one attached hydrogen (secondary N) is 1. The standard InChI is InChI=1S/C29H27N3O4/c1-18-13-19(2)15-21(14-18)27(34)31-12-6-7-20(17-31)26(33)30-22-8-5-9-23(16-22)32-28(35)24-10-3-4-11-25(24)29(32)36/h3-5,8-11,13-16,20H,6-7,12,17H2,1-2H3,(H,30,33). The van der Waals surface area contributed by atoms with Crippen LogP contribution in [0.25, 0.3) is 0 Å². The summed E-state index contributed by atoms with van der Waals surface area (Å²) in [6.07, 6.45) is 1.42. The van der Waals surface area contributed by atoms with Crippen molar-refractivity contribution in [3.8, 4) is 0 Å². The van der Waals surface area contributed by atoms with E-state index in [1.807, 2.05) is 32.0 Å². The molecule has 0 aromatic heterocycles. The molecule has 0 saturated carbocycles. The maximum absolute atomic E-state index is 13.1. The molecule has 0 aliphatic carbocycles. The van der Waals surface area contributed by atoms with Gasteiger partial charge >= 0.3 is 0 Å². The number of carbonyl (C=O) groups is 4. The number of rotatable bonds is 4. The van der Waals surface area contributed by atoms with Gasteiger partial charge in [0.15, 0.2) is 0 Å². The quantitative estimate of drug-likeness (QED) is 0.552. The van der Waals surface area contributed by atoms with E-state index < -0.39 is 0 Å². The summed E-state index contributed by atoms with van der Waals surface area (Å²) < 4.78 is 0. The molecular formula is C29H27N3O4. The lowest BCUT2D eigenvalue weighted by Gasteiger charge is -2.32. The lowest BCUT2D eigenvalue weighted by atomic mass is 9.96. The highest BCUT2D eigenvalue weighted by Gasteiger charge is 2.36. The Morgan fingerprint density at radius 2 is 1.53 bits per heavy atom. The van der Waals surface area contributed by atoms with E-state index in [0.717, 1.165) is 22.4 Å². The van der Waals surface area contributed by atoms with E-state index in [1.165, 1.54) is 0 Å². The predicted octanol–water partition coefficient (Wildman–Crippen LogP) is 4.59. The van der Waals surface area contributed by atoms with E-state index in [4.69, 9.17) is 0 Å². The van der Waals surface area contributed by atoms with Crippen molar-refractivity contribution in [2.75, 3.05) is 23.3 Å². The van der Waals surface area contributed by atoms with Gasteiger partial charge in [-0.1, -0.05) is 35.4 Å². The highest BCUT2D eigenvalue weighted by Crippen LogP contribution is 2.30. The predicted molar refractivity (Wildman–Crippen MR) is 137 cm³/mol. The summed E-state index contributed by atoms with van der Waals surface area (Å²) in [6.45, 7) is 4.89. The summed E-state index contributed by atoms with van der Waals surface area (Å²) in [4.78, 5) is 54.8. The van der Waals surface area contributed by atoms with Crippen LogP contribution in [0.1, 0.15) is 55.0 Å². The largest absolute Gasteiger partial charge is 0.338 e. The average Bonchev–Trinajstić information content (AvgIpc) is 3.13. The molecule has 2 aliphatic rings. The number of amides is 4. The number of anilines is 2. The Morgan fingerprint density at radius 1 is 0.861 bits per heavy atom. The zero-order valence-corrected chi connectivity index (χ0v) is 20.3. The molecule has 1 atom stereocenters. The van der Waals surface area contributed by atoms with Crippen LogP contribution in [0.5, 0.6) is 0 Å². The zero-order valence-electron chi connectivity index (χ0n) is 20.3. The van der Waals surface area contributed by atoms with Crippen molar-refractivity contribution in [2.24, 2.45) is 5.92 Å². The first-order chi connectivity index (χ1) is 17.3. The van der Waals surface area contributed by atoms with Gasteiger partial charge in [-0.2, -0.15) is 0 Å². The van der Waals surface area contributed by atoms with E-state index in [2.05, 4.69) is 5.32 Å². The molecule has 2 heterocycles. The van der Waals surface area contributed by atoms with Gasteiger partial charge in [0.1, 0.15) is 0 Å². The van der Waals surface area contributed by atoms with Crippen LogP contribution in [-0.2, 0) is 4.79 Å². The number of hydrogen-bond acceptors (Lipinski definition) is 4. The molecule has 7 nitrogen and oxygen atoms in total. The molecule has 3 aromatic rings. The SMILES string of the molecule is Cc1cc(C)cc(C(=O)N2CCCC(C(=O)Nc3cccc(N4C(=O)c5ccccc5C4=O)c3)C2)c1. The molecule has 0 radical (unpaired) electrons. The minimum Gasteiger partial charge on any atom is -0.338 e. The molecule has 1 unspecified atom stereocenters.